The molecule has 0 bridgehead atoms. The van der Waals surface area contributed by atoms with E-state index in [9.17, 15) is 9.59 Å². The summed E-state index contributed by atoms with van der Waals surface area (Å²) < 4.78 is 7.30. The van der Waals surface area contributed by atoms with Crippen molar-refractivity contribution in [2.45, 2.75) is 39.2 Å². The minimum Gasteiger partial charge on any atom is -0.462 e. The SMILES string of the molecule is CC(C)C1(C)NC(c2nc3ccccc3cc2C(=O)OCCCc2cnn(C)c2)=NC1=O. The van der Waals surface area contributed by atoms with Gasteiger partial charge in [0.15, 0.2) is 5.84 Å². The van der Waals surface area contributed by atoms with Crippen LogP contribution in [0.2, 0.25) is 0 Å². The monoisotopic (exact) mass is 433 g/mol. The van der Waals surface area contributed by atoms with Crippen LogP contribution in [-0.4, -0.2) is 44.6 Å². The number of amidine groups is 1. The van der Waals surface area contributed by atoms with Gasteiger partial charge in [0.05, 0.1) is 23.9 Å². The van der Waals surface area contributed by atoms with Crippen LogP contribution in [0, 0.1) is 5.92 Å². The summed E-state index contributed by atoms with van der Waals surface area (Å²) in [6.07, 6.45) is 5.19. The number of hydrogen-bond acceptors (Lipinski definition) is 6. The van der Waals surface area contributed by atoms with Crippen molar-refractivity contribution in [1.82, 2.24) is 20.1 Å². The molecule has 1 N–H and O–H groups in total. The van der Waals surface area contributed by atoms with Gasteiger partial charge in [-0.2, -0.15) is 10.1 Å². The first-order valence-electron chi connectivity index (χ1n) is 10.7. The van der Waals surface area contributed by atoms with Crippen molar-refractivity contribution in [1.29, 1.82) is 0 Å². The molecule has 4 rings (SSSR count). The molecule has 0 aliphatic carbocycles. The number of benzene rings is 1. The van der Waals surface area contributed by atoms with Crippen LogP contribution in [0.3, 0.4) is 0 Å². The van der Waals surface area contributed by atoms with Crippen molar-refractivity contribution in [2.24, 2.45) is 18.0 Å². The Bertz CT molecular complexity index is 1210. The zero-order valence-corrected chi connectivity index (χ0v) is 18.8. The number of fused-ring (bicyclic) bond motifs is 1. The lowest BCUT2D eigenvalue weighted by molar-refractivity contribution is -0.123. The molecule has 166 valence electrons. The Balaban J connectivity index is 1.58. The Hall–Kier alpha value is -3.55. The summed E-state index contributed by atoms with van der Waals surface area (Å²) in [4.78, 5) is 34.5. The summed E-state index contributed by atoms with van der Waals surface area (Å²) in [7, 11) is 1.87. The lowest BCUT2D eigenvalue weighted by Crippen LogP contribution is -2.50. The van der Waals surface area contributed by atoms with E-state index in [2.05, 4.69) is 20.4 Å². The van der Waals surface area contributed by atoms with Crippen molar-refractivity contribution in [3.8, 4) is 0 Å². The molecule has 1 aliphatic heterocycles. The van der Waals surface area contributed by atoms with Crippen molar-refractivity contribution < 1.29 is 14.3 Å². The van der Waals surface area contributed by atoms with Crippen LogP contribution in [0.25, 0.3) is 10.9 Å². The first-order chi connectivity index (χ1) is 15.3. The lowest BCUT2D eigenvalue weighted by Gasteiger charge is -2.27. The number of hydrogen-bond donors (Lipinski definition) is 1. The summed E-state index contributed by atoms with van der Waals surface area (Å²) in [6, 6.07) is 9.26. The maximum Gasteiger partial charge on any atom is 0.340 e. The second-order valence-corrected chi connectivity index (χ2v) is 8.59. The highest BCUT2D eigenvalue weighted by Crippen LogP contribution is 2.26. The average molecular weight is 434 g/mol. The van der Waals surface area contributed by atoms with Gasteiger partial charge in [-0.05, 0) is 43.4 Å². The largest absolute Gasteiger partial charge is 0.462 e. The van der Waals surface area contributed by atoms with Gasteiger partial charge in [-0.25, -0.2) is 9.78 Å². The Morgan fingerprint density at radius 3 is 2.75 bits per heavy atom. The molecule has 0 spiro atoms. The van der Waals surface area contributed by atoms with Gasteiger partial charge < -0.3 is 10.1 Å². The predicted octanol–water partition coefficient (Wildman–Crippen LogP) is 3.05. The van der Waals surface area contributed by atoms with Crippen molar-refractivity contribution >= 4 is 28.6 Å². The van der Waals surface area contributed by atoms with E-state index in [1.807, 2.05) is 58.3 Å². The van der Waals surface area contributed by atoms with Gasteiger partial charge in [0.25, 0.3) is 5.91 Å². The molecular formula is C24H27N5O3. The number of para-hydroxylation sites is 1. The average Bonchev–Trinajstić information content (AvgIpc) is 3.33. The van der Waals surface area contributed by atoms with Crippen LogP contribution in [0.4, 0.5) is 0 Å². The molecule has 32 heavy (non-hydrogen) atoms. The summed E-state index contributed by atoms with van der Waals surface area (Å²) >= 11 is 0. The number of aromatic nitrogens is 3. The molecule has 1 unspecified atom stereocenters. The number of nitrogens with one attached hydrogen (secondary N) is 1. The number of nitrogens with zero attached hydrogens (tertiary/aromatic N) is 4. The van der Waals surface area contributed by atoms with E-state index in [0.717, 1.165) is 17.4 Å². The zero-order chi connectivity index (χ0) is 22.9. The van der Waals surface area contributed by atoms with E-state index >= 15 is 0 Å². The standard InChI is InChI=1S/C24H27N5O3/c1-15(2)24(3)23(31)27-21(28-24)20-18(12-17-9-5-6-10-19(17)26-20)22(30)32-11-7-8-16-13-25-29(4)14-16/h5-6,9-10,12-15H,7-8,11H2,1-4H3,(H,27,28,31). The summed E-state index contributed by atoms with van der Waals surface area (Å²) in [5.74, 6) is -0.438. The van der Waals surface area contributed by atoms with Gasteiger partial charge in [0, 0.05) is 18.6 Å². The Labute approximate surface area is 186 Å². The maximum absolute atomic E-state index is 13.0. The minimum atomic E-state index is -0.840. The minimum absolute atomic E-state index is 0.0135. The van der Waals surface area contributed by atoms with Gasteiger partial charge in [0.1, 0.15) is 11.2 Å². The van der Waals surface area contributed by atoms with Gasteiger partial charge in [-0.1, -0.05) is 32.0 Å². The molecule has 2 aromatic heterocycles. The van der Waals surface area contributed by atoms with Gasteiger partial charge in [0.2, 0.25) is 0 Å². The van der Waals surface area contributed by atoms with Gasteiger partial charge >= 0.3 is 5.97 Å². The van der Waals surface area contributed by atoms with E-state index in [4.69, 9.17) is 4.74 Å². The van der Waals surface area contributed by atoms with Crippen LogP contribution in [0.5, 0.6) is 0 Å². The molecule has 0 saturated heterocycles. The first-order valence-corrected chi connectivity index (χ1v) is 10.7. The van der Waals surface area contributed by atoms with Crippen molar-refractivity contribution in [3.63, 3.8) is 0 Å². The number of aryl methyl sites for hydroxylation is 2. The fraction of sp³-hybridized carbons (Fsp3) is 0.375. The normalized spacial score (nSPS) is 18.2. The van der Waals surface area contributed by atoms with Crippen LogP contribution in [0.15, 0.2) is 47.7 Å². The molecule has 8 nitrogen and oxygen atoms in total. The quantitative estimate of drug-likeness (QED) is 0.454. The fourth-order valence-electron chi connectivity index (χ4n) is 3.62. The molecule has 1 aliphatic rings. The molecular weight excluding hydrogens is 406 g/mol. The molecule has 0 fully saturated rings. The fourth-order valence-corrected chi connectivity index (χ4v) is 3.62. The highest BCUT2D eigenvalue weighted by molar-refractivity contribution is 6.17. The summed E-state index contributed by atoms with van der Waals surface area (Å²) in [5, 5.41) is 8.17. The highest BCUT2D eigenvalue weighted by Gasteiger charge is 2.43. The number of pyridine rings is 1. The maximum atomic E-state index is 13.0. The van der Waals surface area contributed by atoms with E-state index in [0.29, 0.717) is 23.5 Å². The lowest BCUT2D eigenvalue weighted by atomic mass is 9.88. The number of aliphatic imine (C=N–C) groups is 1. The Morgan fingerprint density at radius 2 is 2.06 bits per heavy atom. The second kappa shape index (κ2) is 8.53. The predicted molar refractivity (Wildman–Crippen MR) is 121 cm³/mol. The molecule has 1 atom stereocenters. The number of carbonyl (C=O) groups excluding carboxylic acids is 2. The zero-order valence-electron chi connectivity index (χ0n) is 18.8. The van der Waals surface area contributed by atoms with Gasteiger partial charge in [-0.15, -0.1) is 0 Å². The molecule has 3 aromatic rings. The summed E-state index contributed by atoms with van der Waals surface area (Å²) in [5.41, 5.74) is 1.59. The molecule has 3 heterocycles. The number of carbonyl (C=O) groups is 2. The number of ether oxygens (including phenoxy) is 1. The molecule has 1 aromatic carbocycles. The third-order valence-electron chi connectivity index (χ3n) is 5.96. The van der Waals surface area contributed by atoms with Gasteiger partial charge in [-0.3, -0.25) is 9.48 Å². The van der Waals surface area contributed by atoms with E-state index in [1.54, 1.807) is 16.9 Å². The third-order valence-corrected chi connectivity index (χ3v) is 5.96. The van der Waals surface area contributed by atoms with Crippen LogP contribution in [-0.2, 0) is 23.0 Å². The van der Waals surface area contributed by atoms with E-state index in [1.165, 1.54) is 0 Å². The van der Waals surface area contributed by atoms with Crippen LogP contribution in [0.1, 0.15) is 48.8 Å². The molecule has 8 heteroatoms. The second-order valence-electron chi connectivity index (χ2n) is 8.59. The molecule has 0 saturated carbocycles. The van der Waals surface area contributed by atoms with E-state index in [-0.39, 0.29) is 24.0 Å². The summed E-state index contributed by atoms with van der Waals surface area (Å²) in [6.45, 7) is 5.99. The number of esters is 1. The van der Waals surface area contributed by atoms with Crippen LogP contribution < -0.4 is 5.32 Å². The molecule has 0 radical (unpaired) electrons. The smallest absolute Gasteiger partial charge is 0.340 e. The Morgan fingerprint density at radius 1 is 1.28 bits per heavy atom. The highest BCUT2D eigenvalue weighted by atomic mass is 16.5. The first kappa shape index (κ1) is 21.7. The third kappa shape index (κ3) is 4.12. The van der Waals surface area contributed by atoms with Crippen molar-refractivity contribution in [3.05, 3.63) is 59.5 Å². The number of amides is 1. The van der Waals surface area contributed by atoms with E-state index < -0.39 is 11.5 Å². The van der Waals surface area contributed by atoms with Crippen molar-refractivity contribution in [2.75, 3.05) is 6.61 Å². The number of rotatable bonds is 7. The molecule has 1 amide bonds. The van der Waals surface area contributed by atoms with Crippen LogP contribution >= 0.6 is 0 Å². The topological polar surface area (TPSA) is 98.5 Å². The Kier molecular flexibility index (Phi) is 5.78.